The molecule has 4 rings (SSSR count). The van der Waals surface area contributed by atoms with E-state index in [1.54, 1.807) is 11.6 Å². The smallest absolute Gasteiger partial charge is 0.262 e. The van der Waals surface area contributed by atoms with Gasteiger partial charge in [0.1, 0.15) is 0 Å². The Bertz CT molecular complexity index is 1140. The molecule has 0 radical (unpaired) electrons. The van der Waals surface area contributed by atoms with Gasteiger partial charge in [0, 0.05) is 19.5 Å². The predicted molar refractivity (Wildman–Crippen MR) is 121 cm³/mol. The maximum atomic E-state index is 12.7. The minimum atomic E-state index is -0.0593. The van der Waals surface area contributed by atoms with Crippen LogP contribution in [0.4, 0.5) is 0 Å². The summed E-state index contributed by atoms with van der Waals surface area (Å²) in [6.07, 6.45) is 5.08. The lowest BCUT2D eigenvalue weighted by molar-refractivity contribution is -0.126. The number of carbonyl (C=O) groups excluding carboxylic acids is 1. The lowest BCUT2D eigenvalue weighted by Crippen LogP contribution is -2.40. The Hall–Kier alpha value is -2.74. The second-order valence-corrected chi connectivity index (χ2v) is 8.68. The summed E-state index contributed by atoms with van der Waals surface area (Å²) in [5, 5.41) is 12.5. The number of aromatic nitrogens is 4. The van der Waals surface area contributed by atoms with Crippen LogP contribution in [0.1, 0.15) is 50.4 Å². The molecule has 1 aliphatic rings. The normalized spacial score (nSPS) is 15.7. The van der Waals surface area contributed by atoms with Crippen molar-refractivity contribution in [3.05, 3.63) is 39.9 Å². The number of hydrogen-bond acceptors (Lipinski definition) is 5. The Labute approximate surface area is 182 Å². The number of nitrogens with zero attached hydrogens (tertiary/aromatic N) is 5. The highest BCUT2D eigenvalue weighted by atomic mass is 16.2. The van der Waals surface area contributed by atoms with Gasteiger partial charge in [-0.3, -0.25) is 23.5 Å². The van der Waals surface area contributed by atoms with Crippen LogP contribution in [-0.2, 0) is 18.4 Å². The Morgan fingerprint density at radius 3 is 2.71 bits per heavy atom. The summed E-state index contributed by atoms with van der Waals surface area (Å²) in [6, 6.07) is 5.90. The van der Waals surface area contributed by atoms with Crippen LogP contribution >= 0.6 is 0 Å². The highest BCUT2D eigenvalue weighted by Gasteiger charge is 2.26. The van der Waals surface area contributed by atoms with Crippen LogP contribution in [0.15, 0.2) is 23.0 Å². The third kappa shape index (κ3) is 4.35. The van der Waals surface area contributed by atoms with Crippen LogP contribution < -0.4 is 10.9 Å². The summed E-state index contributed by atoms with van der Waals surface area (Å²) in [7, 11) is 1.74. The number of hydrogen-bond donors (Lipinski definition) is 1. The molecule has 166 valence electrons. The summed E-state index contributed by atoms with van der Waals surface area (Å²) in [4.78, 5) is 27.5. The molecule has 1 N–H and O–H groups in total. The Morgan fingerprint density at radius 1 is 1.19 bits per heavy atom. The molecule has 0 bridgehead atoms. The van der Waals surface area contributed by atoms with Crippen molar-refractivity contribution in [3.63, 3.8) is 0 Å². The number of amides is 1. The van der Waals surface area contributed by atoms with Crippen molar-refractivity contribution in [2.24, 2.45) is 13.0 Å². The molecule has 8 heteroatoms. The maximum Gasteiger partial charge on any atom is 0.262 e. The van der Waals surface area contributed by atoms with Crippen molar-refractivity contribution in [1.29, 1.82) is 0 Å². The Balaban J connectivity index is 1.47. The van der Waals surface area contributed by atoms with Gasteiger partial charge in [0.25, 0.3) is 5.56 Å². The highest BCUT2D eigenvalue weighted by molar-refractivity contribution is 5.81. The van der Waals surface area contributed by atoms with E-state index in [-0.39, 0.29) is 17.4 Å². The lowest BCUT2D eigenvalue weighted by Gasteiger charge is -2.30. The zero-order valence-electron chi connectivity index (χ0n) is 18.7. The summed E-state index contributed by atoms with van der Waals surface area (Å²) in [6.45, 7) is 7.28. The first-order chi connectivity index (χ1) is 15.0. The molecule has 1 saturated heterocycles. The number of piperidine rings is 1. The predicted octanol–water partition coefficient (Wildman–Crippen LogP) is 2.41. The molecule has 0 saturated carbocycles. The van der Waals surface area contributed by atoms with Gasteiger partial charge in [0.15, 0.2) is 5.82 Å². The van der Waals surface area contributed by atoms with Gasteiger partial charge in [-0.05, 0) is 51.4 Å². The summed E-state index contributed by atoms with van der Waals surface area (Å²) >= 11 is 0. The molecule has 31 heavy (non-hydrogen) atoms. The maximum absolute atomic E-state index is 12.7. The fourth-order valence-corrected chi connectivity index (χ4v) is 4.45. The van der Waals surface area contributed by atoms with Gasteiger partial charge in [-0.25, -0.2) is 0 Å². The molecule has 0 spiro atoms. The van der Waals surface area contributed by atoms with Crippen molar-refractivity contribution in [3.8, 4) is 0 Å². The molecule has 1 amide bonds. The van der Waals surface area contributed by atoms with Crippen LogP contribution in [0.2, 0.25) is 0 Å². The van der Waals surface area contributed by atoms with Crippen LogP contribution in [0.5, 0.6) is 0 Å². The number of aryl methyl sites for hydroxylation is 2. The molecule has 1 fully saturated rings. The van der Waals surface area contributed by atoms with Crippen molar-refractivity contribution >= 4 is 22.6 Å². The van der Waals surface area contributed by atoms with Crippen molar-refractivity contribution in [1.82, 2.24) is 29.4 Å². The van der Waals surface area contributed by atoms with Gasteiger partial charge < -0.3 is 5.32 Å². The van der Waals surface area contributed by atoms with Gasteiger partial charge in [-0.2, -0.15) is 0 Å². The first-order valence-electron chi connectivity index (χ1n) is 11.3. The molecule has 0 atom stereocenters. The minimum Gasteiger partial charge on any atom is -0.356 e. The minimum absolute atomic E-state index is 0.0593. The summed E-state index contributed by atoms with van der Waals surface area (Å²) in [5.74, 6) is 1.66. The number of rotatable bonds is 7. The molecule has 3 aromatic rings. The SMILES string of the molecule is CCCCCNC(=O)C1CCN(Cc2nnc3n(C)c(=O)c4cc(C)ccc4n23)CC1. The third-order valence-electron chi connectivity index (χ3n) is 6.34. The molecule has 0 aliphatic carbocycles. The average Bonchev–Trinajstić information content (AvgIpc) is 3.19. The van der Waals surface area contributed by atoms with E-state index in [2.05, 4.69) is 27.3 Å². The van der Waals surface area contributed by atoms with E-state index < -0.39 is 0 Å². The van der Waals surface area contributed by atoms with E-state index >= 15 is 0 Å². The second-order valence-electron chi connectivity index (χ2n) is 8.68. The molecular formula is C23H32N6O2. The largest absolute Gasteiger partial charge is 0.356 e. The van der Waals surface area contributed by atoms with Crippen LogP contribution in [0.25, 0.3) is 16.7 Å². The third-order valence-corrected chi connectivity index (χ3v) is 6.34. The van der Waals surface area contributed by atoms with Gasteiger partial charge in [0.05, 0.1) is 17.4 Å². The molecule has 1 aromatic carbocycles. The van der Waals surface area contributed by atoms with Crippen LogP contribution in [0.3, 0.4) is 0 Å². The van der Waals surface area contributed by atoms with Gasteiger partial charge in [0.2, 0.25) is 11.7 Å². The first kappa shape index (κ1) is 21.5. The number of unbranched alkanes of at least 4 members (excludes halogenated alkanes) is 2. The lowest BCUT2D eigenvalue weighted by atomic mass is 9.96. The van der Waals surface area contributed by atoms with Gasteiger partial charge in [-0.1, -0.05) is 31.4 Å². The molecule has 0 unspecified atom stereocenters. The average molecular weight is 425 g/mol. The number of carbonyl (C=O) groups is 1. The van der Waals surface area contributed by atoms with E-state index in [4.69, 9.17) is 0 Å². The second kappa shape index (κ2) is 9.18. The Kier molecular flexibility index (Phi) is 6.36. The van der Waals surface area contributed by atoms with Gasteiger partial charge >= 0.3 is 0 Å². The number of benzene rings is 1. The van der Waals surface area contributed by atoms with E-state index in [1.165, 1.54) is 0 Å². The van der Waals surface area contributed by atoms with E-state index in [1.807, 2.05) is 29.5 Å². The zero-order valence-corrected chi connectivity index (χ0v) is 18.7. The van der Waals surface area contributed by atoms with Crippen molar-refractivity contribution < 1.29 is 4.79 Å². The molecule has 3 heterocycles. The standard InChI is InChI=1S/C23H32N6O2/c1-4-5-6-11-24-21(30)17-9-12-28(13-10-17)15-20-25-26-23-27(3)22(31)18-14-16(2)7-8-19(18)29(20)23/h7-8,14,17H,4-6,9-13,15H2,1-3H3,(H,24,30). The van der Waals surface area contributed by atoms with Gasteiger partial charge in [-0.15, -0.1) is 10.2 Å². The fraction of sp³-hybridized carbons (Fsp3) is 0.565. The monoisotopic (exact) mass is 424 g/mol. The van der Waals surface area contributed by atoms with Crippen LogP contribution in [-0.4, -0.2) is 49.6 Å². The Morgan fingerprint density at radius 2 is 1.97 bits per heavy atom. The molecule has 2 aromatic heterocycles. The number of fused-ring (bicyclic) bond motifs is 3. The summed E-state index contributed by atoms with van der Waals surface area (Å²) < 4.78 is 3.55. The first-order valence-corrected chi connectivity index (χ1v) is 11.3. The molecule has 8 nitrogen and oxygen atoms in total. The van der Waals surface area contributed by atoms with E-state index in [0.717, 1.165) is 68.6 Å². The van der Waals surface area contributed by atoms with E-state index in [9.17, 15) is 9.59 Å². The van der Waals surface area contributed by atoms with Crippen molar-refractivity contribution in [2.45, 2.75) is 52.5 Å². The van der Waals surface area contributed by atoms with E-state index in [0.29, 0.717) is 17.7 Å². The number of nitrogens with one attached hydrogen (secondary N) is 1. The molecular weight excluding hydrogens is 392 g/mol. The van der Waals surface area contributed by atoms with Crippen LogP contribution in [0, 0.1) is 12.8 Å². The quantitative estimate of drug-likeness (QED) is 0.589. The molecule has 1 aliphatic heterocycles. The summed E-state index contributed by atoms with van der Waals surface area (Å²) in [5.41, 5.74) is 1.83. The highest BCUT2D eigenvalue weighted by Crippen LogP contribution is 2.21. The number of likely N-dealkylation sites (tertiary alicyclic amines) is 1. The fourth-order valence-electron chi connectivity index (χ4n) is 4.45. The van der Waals surface area contributed by atoms with Crippen molar-refractivity contribution in [2.75, 3.05) is 19.6 Å². The topological polar surface area (TPSA) is 84.5 Å². The zero-order chi connectivity index (χ0) is 22.0.